The summed E-state index contributed by atoms with van der Waals surface area (Å²) in [6.45, 7) is 7.58. The predicted molar refractivity (Wildman–Crippen MR) is 80.4 cm³/mol. The summed E-state index contributed by atoms with van der Waals surface area (Å²) in [6, 6.07) is 0.0977. The molecule has 0 spiro atoms. The van der Waals surface area contributed by atoms with Crippen molar-refractivity contribution in [3.63, 3.8) is 0 Å². The van der Waals surface area contributed by atoms with Crippen LogP contribution in [-0.4, -0.2) is 56.2 Å². The van der Waals surface area contributed by atoms with Gasteiger partial charge in [-0.25, -0.2) is 4.98 Å². The summed E-state index contributed by atoms with van der Waals surface area (Å²) in [7, 11) is 0. The van der Waals surface area contributed by atoms with E-state index in [1.165, 1.54) is 0 Å². The van der Waals surface area contributed by atoms with Crippen LogP contribution < -0.4 is 5.73 Å². The average molecular weight is 304 g/mol. The van der Waals surface area contributed by atoms with E-state index in [9.17, 15) is 4.79 Å². The van der Waals surface area contributed by atoms with Crippen molar-refractivity contribution >= 4 is 17.6 Å². The Kier molecular flexibility index (Phi) is 3.69. The molecule has 3 heterocycles. The fourth-order valence-electron chi connectivity index (χ4n) is 2.83. The third-order valence-corrected chi connectivity index (χ3v) is 4.08. The maximum Gasteiger partial charge on any atom is 0.254 e. The van der Waals surface area contributed by atoms with Gasteiger partial charge in [-0.2, -0.15) is 9.50 Å². The van der Waals surface area contributed by atoms with E-state index in [-0.39, 0.29) is 17.9 Å². The summed E-state index contributed by atoms with van der Waals surface area (Å²) in [6.07, 6.45) is 0.296. The van der Waals surface area contributed by atoms with E-state index in [2.05, 4.69) is 15.1 Å². The maximum atomic E-state index is 12.6. The van der Waals surface area contributed by atoms with E-state index in [0.29, 0.717) is 32.0 Å². The predicted octanol–water partition coefficient (Wildman–Crippen LogP) is 0.113. The first-order valence-corrected chi connectivity index (χ1v) is 7.33. The van der Waals surface area contributed by atoms with Gasteiger partial charge in [0.2, 0.25) is 11.9 Å². The minimum Gasteiger partial charge on any atom is -0.377 e. The van der Waals surface area contributed by atoms with Crippen molar-refractivity contribution in [3.8, 4) is 0 Å². The van der Waals surface area contributed by atoms with E-state index >= 15 is 0 Å². The Balaban J connectivity index is 1.91. The van der Waals surface area contributed by atoms with Gasteiger partial charge in [0.05, 0.1) is 25.7 Å². The van der Waals surface area contributed by atoms with Crippen LogP contribution in [0.5, 0.6) is 0 Å². The largest absolute Gasteiger partial charge is 0.377 e. The fourth-order valence-corrected chi connectivity index (χ4v) is 2.83. The summed E-state index contributed by atoms with van der Waals surface area (Å²) >= 11 is 0. The number of amides is 1. The highest BCUT2D eigenvalue weighted by molar-refractivity contribution is 5.79. The first-order valence-electron chi connectivity index (χ1n) is 7.33. The third-order valence-electron chi connectivity index (χ3n) is 4.08. The van der Waals surface area contributed by atoms with Gasteiger partial charge in [-0.3, -0.25) is 4.79 Å². The highest BCUT2D eigenvalue weighted by Crippen LogP contribution is 2.17. The number of ether oxygens (including phenoxy) is 1. The summed E-state index contributed by atoms with van der Waals surface area (Å²) in [5.41, 5.74) is 8.13. The molecule has 3 rings (SSSR count). The number of hydrogen-bond donors (Lipinski definition) is 1. The van der Waals surface area contributed by atoms with Gasteiger partial charge >= 0.3 is 0 Å². The van der Waals surface area contributed by atoms with E-state index < -0.39 is 0 Å². The molecule has 8 heteroatoms. The molecule has 8 nitrogen and oxygen atoms in total. The molecule has 1 aliphatic heterocycles. The zero-order valence-electron chi connectivity index (χ0n) is 13.0. The molecule has 0 saturated carbocycles. The van der Waals surface area contributed by atoms with E-state index in [1.54, 1.807) is 4.52 Å². The summed E-state index contributed by atoms with van der Waals surface area (Å²) in [4.78, 5) is 22.9. The van der Waals surface area contributed by atoms with Crippen molar-refractivity contribution in [1.82, 2.24) is 24.5 Å². The summed E-state index contributed by atoms with van der Waals surface area (Å²) < 4.78 is 6.97. The molecule has 2 aromatic rings. The standard InChI is InChI=1S/C14H20N6O2/c1-8-7-22-5-4-19(8)12(21)6-11-9(2)16-14-17-13(15)18-20(14)10(11)3/h8H,4-7H2,1-3H3,(H2,15,18). The molecule has 0 bridgehead atoms. The minimum absolute atomic E-state index is 0.0798. The zero-order chi connectivity index (χ0) is 15.9. The van der Waals surface area contributed by atoms with Gasteiger partial charge in [-0.05, 0) is 20.8 Å². The first-order chi connectivity index (χ1) is 10.5. The number of morpholine rings is 1. The normalized spacial score (nSPS) is 18.9. The highest BCUT2D eigenvalue weighted by atomic mass is 16.5. The number of nitrogens with zero attached hydrogens (tertiary/aromatic N) is 5. The van der Waals surface area contributed by atoms with Gasteiger partial charge in [0, 0.05) is 23.5 Å². The zero-order valence-corrected chi connectivity index (χ0v) is 13.0. The molecule has 1 aliphatic rings. The number of nitrogens with two attached hydrogens (primary N) is 1. The molecule has 1 saturated heterocycles. The lowest BCUT2D eigenvalue weighted by molar-refractivity contribution is -0.138. The van der Waals surface area contributed by atoms with Crippen LogP contribution in [0.3, 0.4) is 0 Å². The Morgan fingerprint density at radius 2 is 2.18 bits per heavy atom. The van der Waals surface area contributed by atoms with Gasteiger partial charge in [-0.1, -0.05) is 0 Å². The van der Waals surface area contributed by atoms with E-state index in [1.807, 2.05) is 25.7 Å². The van der Waals surface area contributed by atoms with Crippen LogP contribution >= 0.6 is 0 Å². The number of nitrogen functional groups attached to an aromatic ring is 1. The Morgan fingerprint density at radius 3 is 2.91 bits per heavy atom. The third kappa shape index (κ3) is 2.50. The number of aromatic nitrogens is 4. The van der Waals surface area contributed by atoms with Crippen LogP contribution in [0, 0.1) is 13.8 Å². The number of aryl methyl sites for hydroxylation is 2. The molecule has 22 heavy (non-hydrogen) atoms. The van der Waals surface area contributed by atoms with Crippen molar-refractivity contribution in [3.05, 3.63) is 17.0 Å². The molecule has 2 N–H and O–H groups in total. The number of anilines is 1. The lowest BCUT2D eigenvalue weighted by atomic mass is 10.1. The molecule has 0 aromatic carbocycles. The molecular formula is C14H20N6O2. The van der Waals surface area contributed by atoms with Gasteiger partial charge in [0.15, 0.2) is 0 Å². The molecule has 1 amide bonds. The quantitative estimate of drug-likeness (QED) is 0.845. The Morgan fingerprint density at radius 1 is 1.41 bits per heavy atom. The summed E-state index contributed by atoms with van der Waals surface area (Å²) in [5, 5.41) is 4.13. The molecule has 2 aromatic heterocycles. The fraction of sp³-hybridized carbons (Fsp3) is 0.571. The van der Waals surface area contributed by atoms with Gasteiger partial charge < -0.3 is 15.4 Å². The Hall–Kier alpha value is -2.22. The van der Waals surface area contributed by atoms with Crippen LogP contribution in [0.4, 0.5) is 5.95 Å². The smallest absolute Gasteiger partial charge is 0.254 e. The van der Waals surface area contributed by atoms with Crippen molar-refractivity contribution in [2.75, 3.05) is 25.5 Å². The Bertz CT molecular complexity index is 726. The molecule has 118 valence electrons. The van der Waals surface area contributed by atoms with Crippen LogP contribution in [-0.2, 0) is 16.0 Å². The number of fused-ring (bicyclic) bond motifs is 1. The molecule has 0 aliphatic carbocycles. The second-order valence-corrected chi connectivity index (χ2v) is 5.63. The lowest BCUT2D eigenvalue weighted by Gasteiger charge is -2.33. The number of carbonyl (C=O) groups excluding carboxylic acids is 1. The van der Waals surface area contributed by atoms with E-state index in [0.717, 1.165) is 17.0 Å². The minimum atomic E-state index is 0.0798. The van der Waals surface area contributed by atoms with Crippen molar-refractivity contribution in [2.45, 2.75) is 33.2 Å². The SMILES string of the molecule is Cc1nc2nc(N)nn2c(C)c1CC(=O)N1CCOCC1C. The van der Waals surface area contributed by atoms with Crippen molar-refractivity contribution in [1.29, 1.82) is 0 Å². The second-order valence-electron chi connectivity index (χ2n) is 5.63. The Labute approximate surface area is 128 Å². The molecular weight excluding hydrogens is 284 g/mol. The molecule has 1 unspecified atom stereocenters. The number of carbonyl (C=O) groups is 1. The summed E-state index contributed by atoms with van der Waals surface area (Å²) in [5.74, 6) is 0.722. The second kappa shape index (κ2) is 5.53. The average Bonchev–Trinajstić information content (AvgIpc) is 2.84. The van der Waals surface area contributed by atoms with Crippen molar-refractivity contribution < 1.29 is 9.53 Å². The first kappa shape index (κ1) is 14.7. The topological polar surface area (TPSA) is 98.6 Å². The maximum absolute atomic E-state index is 12.6. The van der Waals surface area contributed by atoms with Crippen LogP contribution in [0.15, 0.2) is 0 Å². The van der Waals surface area contributed by atoms with Crippen LogP contribution in [0.25, 0.3) is 5.78 Å². The lowest BCUT2D eigenvalue weighted by Crippen LogP contribution is -2.47. The molecule has 1 atom stereocenters. The van der Waals surface area contributed by atoms with E-state index in [4.69, 9.17) is 10.5 Å². The van der Waals surface area contributed by atoms with Crippen molar-refractivity contribution in [2.24, 2.45) is 0 Å². The molecule has 1 fully saturated rings. The van der Waals surface area contributed by atoms with Gasteiger partial charge in [0.1, 0.15) is 0 Å². The van der Waals surface area contributed by atoms with Crippen LogP contribution in [0.2, 0.25) is 0 Å². The van der Waals surface area contributed by atoms with Gasteiger partial charge in [-0.15, -0.1) is 5.10 Å². The number of rotatable bonds is 2. The van der Waals surface area contributed by atoms with Gasteiger partial charge in [0.25, 0.3) is 5.78 Å². The number of hydrogen-bond acceptors (Lipinski definition) is 6. The van der Waals surface area contributed by atoms with Crippen LogP contribution in [0.1, 0.15) is 23.9 Å². The molecule has 0 radical (unpaired) electrons. The monoisotopic (exact) mass is 304 g/mol. The highest BCUT2D eigenvalue weighted by Gasteiger charge is 2.25.